The van der Waals surface area contributed by atoms with Gasteiger partial charge in [-0.2, -0.15) is 0 Å². The van der Waals surface area contributed by atoms with Gasteiger partial charge in [0.1, 0.15) is 0 Å². The first kappa shape index (κ1) is 12.6. The second kappa shape index (κ2) is 4.44. The molecular formula is C15H20N6. The minimum Gasteiger partial charge on any atom is -0.371 e. The third kappa shape index (κ3) is 1.97. The van der Waals surface area contributed by atoms with Crippen LogP contribution < -0.4 is 9.80 Å². The molecule has 1 saturated carbocycles. The maximum absolute atomic E-state index is 4.29. The molecule has 6 nitrogen and oxygen atoms in total. The Morgan fingerprint density at radius 1 is 1.19 bits per heavy atom. The molecule has 6 heteroatoms. The topological polar surface area (TPSA) is 50.1 Å². The summed E-state index contributed by atoms with van der Waals surface area (Å²) in [7, 11) is 2.14. The highest BCUT2D eigenvalue weighted by atomic mass is 15.6. The average Bonchev–Trinajstić information content (AvgIpc) is 3.00. The molecule has 0 bridgehead atoms. The summed E-state index contributed by atoms with van der Waals surface area (Å²) in [6.45, 7) is 6.26. The van der Waals surface area contributed by atoms with Gasteiger partial charge >= 0.3 is 0 Å². The Bertz CT molecular complexity index is 679. The molecule has 1 fully saturated rings. The second-order valence-corrected chi connectivity index (χ2v) is 6.27. The van der Waals surface area contributed by atoms with E-state index in [1.807, 2.05) is 4.68 Å². The summed E-state index contributed by atoms with van der Waals surface area (Å²) in [5.74, 6) is 1.56. The highest BCUT2D eigenvalue weighted by Gasteiger charge is 2.39. The fraction of sp³-hybridized carbons (Fsp3) is 0.533. The van der Waals surface area contributed by atoms with Gasteiger partial charge in [0.15, 0.2) is 0 Å². The van der Waals surface area contributed by atoms with Crippen LogP contribution >= 0.6 is 0 Å². The molecule has 110 valence electrons. The van der Waals surface area contributed by atoms with Crippen LogP contribution in [-0.2, 0) is 0 Å². The van der Waals surface area contributed by atoms with Gasteiger partial charge in [-0.15, -0.1) is 0 Å². The fourth-order valence-electron chi connectivity index (χ4n) is 3.09. The number of likely N-dealkylation sites (N-methyl/N-ethyl adjacent to an activating group) is 1. The Hall–Kier alpha value is -2.11. The van der Waals surface area contributed by atoms with Crippen molar-refractivity contribution in [2.45, 2.75) is 26.3 Å². The average molecular weight is 284 g/mol. The number of aryl methyl sites for hydroxylation is 1. The van der Waals surface area contributed by atoms with E-state index in [9.17, 15) is 0 Å². The van der Waals surface area contributed by atoms with Crippen LogP contribution in [0.4, 0.5) is 17.3 Å². The summed E-state index contributed by atoms with van der Waals surface area (Å²) in [5, 5.41) is 12.4. The van der Waals surface area contributed by atoms with E-state index in [2.05, 4.69) is 64.4 Å². The monoisotopic (exact) mass is 284 g/mol. The predicted molar refractivity (Wildman–Crippen MR) is 82.1 cm³/mol. The van der Waals surface area contributed by atoms with Gasteiger partial charge in [-0.05, 0) is 47.4 Å². The number of anilines is 3. The Labute approximate surface area is 124 Å². The van der Waals surface area contributed by atoms with Gasteiger partial charge in [-0.3, -0.25) is 0 Å². The Kier molecular flexibility index (Phi) is 2.67. The lowest BCUT2D eigenvalue weighted by Crippen LogP contribution is -2.37. The Balaban J connectivity index is 1.77. The summed E-state index contributed by atoms with van der Waals surface area (Å²) < 4.78 is 2.00. The molecule has 0 saturated heterocycles. The zero-order chi connectivity index (χ0) is 14.6. The number of hydrogen-bond donors (Lipinski definition) is 0. The molecule has 1 aliphatic heterocycles. The van der Waals surface area contributed by atoms with Crippen molar-refractivity contribution in [3.8, 4) is 0 Å². The number of hydrogen-bond acceptors (Lipinski definition) is 5. The van der Waals surface area contributed by atoms with E-state index in [4.69, 9.17) is 0 Å². The van der Waals surface area contributed by atoms with E-state index < -0.39 is 0 Å². The molecule has 0 N–H and O–H groups in total. The maximum Gasteiger partial charge on any atom is 0.250 e. The van der Waals surface area contributed by atoms with E-state index in [0.717, 1.165) is 19.0 Å². The lowest BCUT2D eigenvalue weighted by molar-refractivity contribution is 0.575. The molecular weight excluding hydrogens is 264 g/mol. The zero-order valence-corrected chi connectivity index (χ0v) is 12.7. The van der Waals surface area contributed by atoms with Crippen LogP contribution in [0.1, 0.15) is 24.9 Å². The van der Waals surface area contributed by atoms with Gasteiger partial charge in [0.2, 0.25) is 5.95 Å². The number of fused-ring (bicyclic) bond motifs is 1. The Morgan fingerprint density at radius 2 is 2.00 bits per heavy atom. The molecule has 2 aromatic rings. The molecule has 0 radical (unpaired) electrons. The fourth-order valence-corrected chi connectivity index (χ4v) is 3.09. The van der Waals surface area contributed by atoms with E-state index in [-0.39, 0.29) is 0 Å². The first-order chi connectivity index (χ1) is 10.1. The van der Waals surface area contributed by atoms with Crippen LogP contribution in [0.3, 0.4) is 0 Å². The molecule has 21 heavy (non-hydrogen) atoms. The van der Waals surface area contributed by atoms with Gasteiger partial charge in [-0.1, -0.05) is 18.1 Å². The van der Waals surface area contributed by atoms with Crippen molar-refractivity contribution in [1.82, 2.24) is 20.2 Å². The van der Waals surface area contributed by atoms with E-state index >= 15 is 0 Å². The van der Waals surface area contributed by atoms with E-state index in [0.29, 0.717) is 12.0 Å². The minimum absolute atomic E-state index is 0.462. The van der Waals surface area contributed by atoms with Gasteiger partial charge in [0.25, 0.3) is 0 Å². The van der Waals surface area contributed by atoms with Crippen LogP contribution in [0.5, 0.6) is 0 Å². The summed E-state index contributed by atoms with van der Waals surface area (Å²) in [6, 6.07) is 7.02. The van der Waals surface area contributed by atoms with Crippen molar-refractivity contribution in [3.05, 3.63) is 23.8 Å². The maximum atomic E-state index is 4.29. The van der Waals surface area contributed by atoms with Crippen LogP contribution in [0.15, 0.2) is 18.2 Å². The minimum atomic E-state index is 0.462. The van der Waals surface area contributed by atoms with Crippen LogP contribution in [0.2, 0.25) is 0 Å². The first-order valence-corrected chi connectivity index (χ1v) is 7.52. The van der Waals surface area contributed by atoms with Gasteiger partial charge in [0, 0.05) is 20.1 Å². The largest absolute Gasteiger partial charge is 0.371 e. The van der Waals surface area contributed by atoms with E-state index in [1.54, 1.807) is 0 Å². The van der Waals surface area contributed by atoms with Crippen molar-refractivity contribution in [2.24, 2.45) is 5.92 Å². The molecule has 2 unspecified atom stereocenters. The van der Waals surface area contributed by atoms with Gasteiger partial charge in [-0.25, -0.2) is 4.68 Å². The molecule has 0 spiro atoms. The Morgan fingerprint density at radius 3 is 2.76 bits per heavy atom. The zero-order valence-electron chi connectivity index (χ0n) is 12.7. The van der Waals surface area contributed by atoms with Crippen molar-refractivity contribution >= 4 is 17.3 Å². The van der Waals surface area contributed by atoms with E-state index in [1.165, 1.54) is 23.4 Å². The second-order valence-electron chi connectivity index (χ2n) is 6.27. The summed E-state index contributed by atoms with van der Waals surface area (Å²) in [6.07, 6.45) is 1.17. The number of nitrogens with zero attached hydrogens (tertiary/aromatic N) is 6. The third-order valence-corrected chi connectivity index (χ3v) is 4.59. The molecule has 1 aromatic carbocycles. The molecule has 0 amide bonds. The van der Waals surface area contributed by atoms with Crippen molar-refractivity contribution < 1.29 is 0 Å². The summed E-state index contributed by atoms with van der Waals surface area (Å²) >= 11 is 0. The standard InChI is InChI=1S/C15H20N6/c1-10-4-5-12-14(8-10)19(3)6-7-20(12)15-16-17-18-21(15)13-9-11(13)2/h4-5,8,11,13H,6-7,9H2,1-3H3. The number of tetrazole rings is 1. The molecule has 2 atom stereocenters. The lowest BCUT2D eigenvalue weighted by Gasteiger charge is -2.36. The highest BCUT2D eigenvalue weighted by molar-refractivity contribution is 5.77. The highest BCUT2D eigenvalue weighted by Crippen LogP contribution is 2.45. The number of benzene rings is 1. The number of rotatable bonds is 2. The molecule has 2 heterocycles. The van der Waals surface area contributed by atoms with Gasteiger partial charge in [0.05, 0.1) is 17.4 Å². The van der Waals surface area contributed by atoms with Crippen LogP contribution in [0, 0.1) is 12.8 Å². The summed E-state index contributed by atoms with van der Waals surface area (Å²) in [5.41, 5.74) is 3.72. The summed E-state index contributed by atoms with van der Waals surface area (Å²) in [4.78, 5) is 4.55. The molecule has 4 rings (SSSR count). The first-order valence-electron chi connectivity index (χ1n) is 7.52. The normalized spacial score (nSPS) is 24.1. The molecule has 1 aromatic heterocycles. The van der Waals surface area contributed by atoms with Crippen LogP contribution in [-0.4, -0.2) is 40.3 Å². The quantitative estimate of drug-likeness (QED) is 0.845. The molecule has 1 aliphatic carbocycles. The SMILES string of the molecule is Cc1ccc2c(c1)N(C)CCN2c1nnnn1C1CC1C. The van der Waals surface area contributed by atoms with Gasteiger partial charge < -0.3 is 9.80 Å². The van der Waals surface area contributed by atoms with Crippen molar-refractivity contribution in [3.63, 3.8) is 0 Å². The van der Waals surface area contributed by atoms with Crippen molar-refractivity contribution in [2.75, 3.05) is 29.9 Å². The smallest absolute Gasteiger partial charge is 0.250 e. The third-order valence-electron chi connectivity index (χ3n) is 4.59. The van der Waals surface area contributed by atoms with Crippen molar-refractivity contribution in [1.29, 1.82) is 0 Å². The molecule has 2 aliphatic rings. The lowest BCUT2D eigenvalue weighted by atomic mass is 10.1. The predicted octanol–water partition coefficient (Wildman–Crippen LogP) is 2.15. The van der Waals surface area contributed by atoms with Crippen LogP contribution in [0.25, 0.3) is 0 Å². The number of aromatic nitrogens is 4.